The molecule has 1 saturated heterocycles. The molecule has 0 spiro atoms. The fourth-order valence-electron chi connectivity index (χ4n) is 3.68. The topological polar surface area (TPSA) is 23.5 Å². The second kappa shape index (κ2) is 5.71. The molecule has 1 atom stereocenters. The molecule has 17 heavy (non-hydrogen) atoms. The summed E-state index contributed by atoms with van der Waals surface area (Å²) >= 11 is 0. The first-order chi connectivity index (χ1) is 8.09. The summed E-state index contributed by atoms with van der Waals surface area (Å²) in [5, 5.41) is 10.6. The molecule has 0 amide bonds. The average molecular weight is 239 g/mol. The Kier molecular flexibility index (Phi) is 4.48. The first kappa shape index (κ1) is 13.4. The van der Waals surface area contributed by atoms with Crippen molar-refractivity contribution in [1.82, 2.24) is 4.90 Å². The van der Waals surface area contributed by atoms with Crippen molar-refractivity contribution in [2.45, 2.75) is 76.9 Å². The maximum Gasteiger partial charge on any atom is 0.0651 e. The lowest BCUT2D eigenvalue weighted by Gasteiger charge is -2.40. The van der Waals surface area contributed by atoms with Crippen LogP contribution in [0.25, 0.3) is 0 Å². The molecule has 2 rings (SSSR count). The number of rotatable bonds is 3. The monoisotopic (exact) mass is 239 g/mol. The molecular weight excluding hydrogens is 210 g/mol. The van der Waals surface area contributed by atoms with Gasteiger partial charge in [0, 0.05) is 12.6 Å². The van der Waals surface area contributed by atoms with Gasteiger partial charge in [-0.1, -0.05) is 19.3 Å². The number of piperidine rings is 1. The Morgan fingerprint density at radius 1 is 1.18 bits per heavy atom. The molecule has 0 aromatic rings. The Bertz CT molecular complexity index is 233. The molecule has 0 aromatic heterocycles. The van der Waals surface area contributed by atoms with Crippen LogP contribution in [-0.4, -0.2) is 34.7 Å². The summed E-state index contributed by atoms with van der Waals surface area (Å²) in [5.74, 6) is 0.731. The number of hydrogen-bond acceptors (Lipinski definition) is 2. The van der Waals surface area contributed by atoms with Gasteiger partial charge >= 0.3 is 0 Å². The lowest BCUT2D eigenvalue weighted by atomic mass is 9.77. The summed E-state index contributed by atoms with van der Waals surface area (Å²) in [6, 6.07) is 0.666. The predicted octanol–water partition coefficient (Wildman–Crippen LogP) is 3.19. The number of hydrogen-bond donors (Lipinski definition) is 1. The van der Waals surface area contributed by atoms with Crippen LogP contribution in [0.2, 0.25) is 0 Å². The highest BCUT2D eigenvalue weighted by molar-refractivity contribution is 4.87. The fourth-order valence-corrected chi connectivity index (χ4v) is 3.68. The highest BCUT2D eigenvalue weighted by atomic mass is 16.3. The average Bonchev–Trinajstić information content (AvgIpc) is 2.29. The Balaban J connectivity index is 1.85. The van der Waals surface area contributed by atoms with E-state index in [0.29, 0.717) is 6.04 Å². The minimum atomic E-state index is -0.317. The second-order valence-electron chi connectivity index (χ2n) is 6.59. The molecule has 1 saturated carbocycles. The number of aliphatic hydroxyl groups is 1. The van der Waals surface area contributed by atoms with Gasteiger partial charge in [0.15, 0.2) is 0 Å². The van der Waals surface area contributed by atoms with Crippen molar-refractivity contribution in [3.05, 3.63) is 0 Å². The first-order valence-corrected chi connectivity index (χ1v) is 7.55. The fraction of sp³-hybridized carbons (Fsp3) is 1.00. The normalized spacial score (nSPS) is 30.7. The van der Waals surface area contributed by atoms with Crippen molar-refractivity contribution in [1.29, 1.82) is 0 Å². The molecule has 1 N–H and O–H groups in total. The van der Waals surface area contributed by atoms with Crippen molar-refractivity contribution < 1.29 is 5.11 Å². The third-order valence-electron chi connectivity index (χ3n) is 4.73. The summed E-state index contributed by atoms with van der Waals surface area (Å²) in [4.78, 5) is 2.58. The van der Waals surface area contributed by atoms with Gasteiger partial charge in [0.05, 0.1) is 5.60 Å². The number of likely N-dealkylation sites (tertiary alicyclic amines) is 1. The smallest absolute Gasteiger partial charge is 0.0651 e. The van der Waals surface area contributed by atoms with Crippen LogP contribution in [0.1, 0.15) is 65.2 Å². The molecule has 0 aromatic carbocycles. The molecule has 2 heteroatoms. The van der Waals surface area contributed by atoms with E-state index in [1.807, 2.05) is 0 Å². The molecule has 2 nitrogen and oxygen atoms in total. The Morgan fingerprint density at radius 3 is 2.53 bits per heavy atom. The number of nitrogens with zero attached hydrogens (tertiary/aromatic N) is 1. The van der Waals surface area contributed by atoms with Crippen LogP contribution in [0.15, 0.2) is 0 Å². The van der Waals surface area contributed by atoms with Gasteiger partial charge in [0.2, 0.25) is 0 Å². The standard InChI is InChI=1S/C15H29NO/c1-13(2)16-10-6-7-14(12-16)11-15(17)8-4-3-5-9-15/h13-14,17H,3-12H2,1-2H3. The maximum absolute atomic E-state index is 10.6. The Hall–Kier alpha value is -0.0800. The van der Waals surface area contributed by atoms with Crippen molar-refractivity contribution in [2.75, 3.05) is 13.1 Å². The SMILES string of the molecule is CC(C)N1CCCC(CC2(O)CCCCC2)C1. The molecule has 1 heterocycles. The molecule has 2 aliphatic rings. The molecule has 1 aliphatic carbocycles. The van der Waals surface area contributed by atoms with Gasteiger partial charge in [-0.15, -0.1) is 0 Å². The summed E-state index contributed by atoms with van der Waals surface area (Å²) in [6.45, 7) is 7.04. The molecule has 100 valence electrons. The lowest BCUT2D eigenvalue weighted by molar-refractivity contribution is -0.0289. The van der Waals surface area contributed by atoms with Gasteiger partial charge in [-0.05, 0) is 58.4 Å². The Labute approximate surface area is 106 Å². The van der Waals surface area contributed by atoms with Crippen LogP contribution in [0.4, 0.5) is 0 Å². The quantitative estimate of drug-likeness (QED) is 0.817. The first-order valence-electron chi connectivity index (χ1n) is 7.55. The van der Waals surface area contributed by atoms with Crippen LogP contribution < -0.4 is 0 Å². The zero-order valence-electron chi connectivity index (χ0n) is 11.6. The molecule has 1 unspecified atom stereocenters. The van der Waals surface area contributed by atoms with Crippen molar-refractivity contribution in [3.63, 3.8) is 0 Å². The van der Waals surface area contributed by atoms with Crippen molar-refractivity contribution in [2.24, 2.45) is 5.92 Å². The molecule has 2 fully saturated rings. The maximum atomic E-state index is 10.6. The van der Waals surface area contributed by atoms with E-state index in [9.17, 15) is 5.11 Å². The van der Waals surface area contributed by atoms with E-state index in [1.165, 1.54) is 45.2 Å². The van der Waals surface area contributed by atoms with Gasteiger partial charge < -0.3 is 10.0 Å². The minimum Gasteiger partial charge on any atom is -0.390 e. The van der Waals surface area contributed by atoms with Crippen LogP contribution in [-0.2, 0) is 0 Å². The van der Waals surface area contributed by atoms with E-state index in [0.717, 1.165) is 25.2 Å². The summed E-state index contributed by atoms with van der Waals surface area (Å²) in [7, 11) is 0. The summed E-state index contributed by atoms with van der Waals surface area (Å²) in [5.41, 5.74) is -0.317. The van der Waals surface area contributed by atoms with Crippen molar-refractivity contribution in [3.8, 4) is 0 Å². The summed E-state index contributed by atoms with van der Waals surface area (Å²) < 4.78 is 0. The van der Waals surface area contributed by atoms with Gasteiger partial charge in [-0.3, -0.25) is 0 Å². The zero-order valence-corrected chi connectivity index (χ0v) is 11.6. The highest BCUT2D eigenvalue weighted by Crippen LogP contribution is 2.36. The van der Waals surface area contributed by atoms with Crippen LogP contribution in [0, 0.1) is 5.92 Å². The van der Waals surface area contributed by atoms with E-state index in [1.54, 1.807) is 0 Å². The van der Waals surface area contributed by atoms with Gasteiger partial charge in [-0.25, -0.2) is 0 Å². The van der Waals surface area contributed by atoms with E-state index >= 15 is 0 Å². The largest absolute Gasteiger partial charge is 0.390 e. The Morgan fingerprint density at radius 2 is 1.88 bits per heavy atom. The predicted molar refractivity (Wildman–Crippen MR) is 72.1 cm³/mol. The third-order valence-corrected chi connectivity index (χ3v) is 4.73. The van der Waals surface area contributed by atoms with Crippen LogP contribution in [0.5, 0.6) is 0 Å². The highest BCUT2D eigenvalue weighted by Gasteiger charge is 2.33. The van der Waals surface area contributed by atoms with Gasteiger partial charge in [-0.2, -0.15) is 0 Å². The molecule has 0 radical (unpaired) electrons. The minimum absolute atomic E-state index is 0.317. The summed E-state index contributed by atoms with van der Waals surface area (Å²) in [6.07, 6.45) is 9.58. The second-order valence-corrected chi connectivity index (χ2v) is 6.59. The van der Waals surface area contributed by atoms with Gasteiger partial charge in [0.25, 0.3) is 0 Å². The molecular formula is C15H29NO. The molecule has 0 bridgehead atoms. The van der Waals surface area contributed by atoms with E-state index in [2.05, 4.69) is 18.7 Å². The van der Waals surface area contributed by atoms with Crippen LogP contribution >= 0.6 is 0 Å². The van der Waals surface area contributed by atoms with E-state index in [-0.39, 0.29) is 5.60 Å². The van der Waals surface area contributed by atoms with Crippen LogP contribution in [0.3, 0.4) is 0 Å². The van der Waals surface area contributed by atoms with Crippen molar-refractivity contribution >= 4 is 0 Å². The lowest BCUT2D eigenvalue weighted by Crippen LogP contribution is -2.43. The van der Waals surface area contributed by atoms with Gasteiger partial charge in [0.1, 0.15) is 0 Å². The van der Waals surface area contributed by atoms with E-state index in [4.69, 9.17) is 0 Å². The molecule has 1 aliphatic heterocycles. The third kappa shape index (κ3) is 3.69. The zero-order chi connectivity index (χ0) is 12.3. The van der Waals surface area contributed by atoms with E-state index < -0.39 is 0 Å².